The highest BCUT2D eigenvalue weighted by atomic mass is 32.2. The Hall–Kier alpha value is 0.270. The third kappa shape index (κ3) is 6.68. The number of aliphatic hydroxyl groups excluding tert-OH is 1. The summed E-state index contributed by atoms with van der Waals surface area (Å²) in [6.45, 7) is 8.95. The van der Waals surface area contributed by atoms with Crippen LogP contribution in [0.2, 0.25) is 0 Å². The second-order valence-electron chi connectivity index (χ2n) is 5.74. The molecule has 0 radical (unpaired) electrons. The fraction of sp³-hybridized carbons (Fsp3) is 1.00. The zero-order valence-electron chi connectivity index (χ0n) is 11.7. The van der Waals surface area contributed by atoms with Crippen LogP contribution in [0, 0.1) is 5.92 Å². The van der Waals surface area contributed by atoms with Crippen molar-refractivity contribution < 1.29 is 5.11 Å². The average Bonchev–Trinajstić information content (AvgIpc) is 2.64. The van der Waals surface area contributed by atoms with Gasteiger partial charge >= 0.3 is 0 Å². The SMILES string of the molecule is CC(C)CSCCCN1CCCC1CC(C)O. The van der Waals surface area contributed by atoms with Gasteiger partial charge < -0.3 is 10.0 Å². The van der Waals surface area contributed by atoms with Crippen LogP contribution >= 0.6 is 11.8 Å². The first-order chi connectivity index (χ1) is 8.09. The second kappa shape index (κ2) is 8.39. The molecule has 3 heteroatoms. The molecule has 0 aliphatic carbocycles. The van der Waals surface area contributed by atoms with Gasteiger partial charge in [-0.05, 0) is 63.1 Å². The molecule has 2 nitrogen and oxygen atoms in total. The molecule has 1 rings (SSSR count). The summed E-state index contributed by atoms with van der Waals surface area (Å²) in [4.78, 5) is 2.59. The molecule has 17 heavy (non-hydrogen) atoms. The average molecular weight is 259 g/mol. The molecule has 0 spiro atoms. The summed E-state index contributed by atoms with van der Waals surface area (Å²) in [6.07, 6.45) is 4.71. The first kappa shape index (κ1) is 15.3. The van der Waals surface area contributed by atoms with Crippen LogP contribution in [0.1, 0.15) is 46.5 Å². The molecule has 1 aliphatic heterocycles. The number of nitrogens with zero attached hydrogens (tertiary/aromatic N) is 1. The van der Waals surface area contributed by atoms with Crippen molar-refractivity contribution in [3.05, 3.63) is 0 Å². The van der Waals surface area contributed by atoms with Crippen molar-refractivity contribution >= 4 is 11.8 Å². The van der Waals surface area contributed by atoms with Gasteiger partial charge in [0.05, 0.1) is 6.10 Å². The summed E-state index contributed by atoms with van der Waals surface area (Å²) in [5, 5.41) is 9.47. The van der Waals surface area contributed by atoms with Gasteiger partial charge in [0.25, 0.3) is 0 Å². The molecule has 1 N–H and O–H groups in total. The van der Waals surface area contributed by atoms with E-state index >= 15 is 0 Å². The first-order valence-corrected chi connectivity index (χ1v) is 8.25. The Kier molecular flexibility index (Phi) is 7.56. The molecule has 1 saturated heterocycles. The number of rotatable bonds is 8. The number of likely N-dealkylation sites (tertiary alicyclic amines) is 1. The molecular formula is C14H29NOS. The predicted molar refractivity (Wildman–Crippen MR) is 77.7 cm³/mol. The van der Waals surface area contributed by atoms with Crippen molar-refractivity contribution in [1.82, 2.24) is 4.90 Å². The Morgan fingerprint density at radius 1 is 1.35 bits per heavy atom. The number of hydrogen-bond donors (Lipinski definition) is 1. The van der Waals surface area contributed by atoms with Gasteiger partial charge in [-0.25, -0.2) is 0 Å². The van der Waals surface area contributed by atoms with Crippen molar-refractivity contribution in [3.8, 4) is 0 Å². The molecular weight excluding hydrogens is 230 g/mol. The lowest BCUT2D eigenvalue weighted by Crippen LogP contribution is -2.33. The summed E-state index contributed by atoms with van der Waals surface area (Å²) >= 11 is 2.08. The van der Waals surface area contributed by atoms with E-state index in [4.69, 9.17) is 0 Å². The topological polar surface area (TPSA) is 23.5 Å². The van der Waals surface area contributed by atoms with Crippen LogP contribution in [0.3, 0.4) is 0 Å². The van der Waals surface area contributed by atoms with Gasteiger partial charge in [-0.2, -0.15) is 11.8 Å². The van der Waals surface area contributed by atoms with Gasteiger partial charge in [-0.1, -0.05) is 13.8 Å². The molecule has 2 unspecified atom stereocenters. The fourth-order valence-corrected chi connectivity index (χ4v) is 3.51. The van der Waals surface area contributed by atoms with E-state index in [1.54, 1.807) is 0 Å². The minimum atomic E-state index is -0.143. The van der Waals surface area contributed by atoms with Crippen LogP contribution in [0.4, 0.5) is 0 Å². The molecule has 0 aromatic carbocycles. The van der Waals surface area contributed by atoms with Crippen LogP contribution in [-0.2, 0) is 0 Å². The zero-order chi connectivity index (χ0) is 12.7. The zero-order valence-corrected chi connectivity index (χ0v) is 12.5. The maximum Gasteiger partial charge on any atom is 0.0527 e. The Morgan fingerprint density at radius 2 is 2.12 bits per heavy atom. The van der Waals surface area contributed by atoms with Gasteiger partial charge in [-0.3, -0.25) is 0 Å². The number of hydrogen-bond acceptors (Lipinski definition) is 3. The summed E-state index contributed by atoms with van der Waals surface area (Å²) < 4.78 is 0. The molecule has 2 atom stereocenters. The molecule has 1 aliphatic rings. The van der Waals surface area contributed by atoms with E-state index < -0.39 is 0 Å². The molecule has 0 amide bonds. The van der Waals surface area contributed by atoms with E-state index in [1.807, 2.05) is 6.92 Å². The minimum absolute atomic E-state index is 0.143. The smallest absolute Gasteiger partial charge is 0.0527 e. The van der Waals surface area contributed by atoms with Crippen LogP contribution in [0.15, 0.2) is 0 Å². The van der Waals surface area contributed by atoms with Gasteiger partial charge in [0.15, 0.2) is 0 Å². The summed E-state index contributed by atoms with van der Waals surface area (Å²) in [5.41, 5.74) is 0. The van der Waals surface area contributed by atoms with Crippen LogP contribution in [0.25, 0.3) is 0 Å². The quantitative estimate of drug-likeness (QED) is 0.678. The highest BCUT2D eigenvalue weighted by Crippen LogP contribution is 2.22. The van der Waals surface area contributed by atoms with Crippen LogP contribution in [-0.4, -0.2) is 46.7 Å². The lowest BCUT2D eigenvalue weighted by Gasteiger charge is -2.25. The lowest BCUT2D eigenvalue weighted by atomic mass is 10.1. The van der Waals surface area contributed by atoms with E-state index in [-0.39, 0.29) is 6.10 Å². The molecule has 0 saturated carbocycles. The van der Waals surface area contributed by atoms with Crippen molar-refractivity contribution in [2.45, 2.75) is 58.6 Å². The van der Waals surface area contributed by atoms with Crippen molar-refractivity contribution in [1.29, 1.82) is 0 Å². The second-order valence-corrected chi connectivity index (χ2v) is 6.89. The Morgan fingerprint density at radius 3 is 2.76 bits per heavy atom. The van der Waals surface area contributed by atoms with E-state index in [2.05, 4.69) is 30.5 Å². The Bertz CT molecular complexity index is 197. The van der Waals surface area contributed by atoms with Crippen LogP contribution < -0.4 is 0 Å². The minimum Gasteiger partial charge on any atom is -0.393 e. The molecule has 0 aromatic heterocycles. The number of thioether (sulfide) groups is 1. The highest BCUT2D eigenvalue weighted by molar-refractivity contribution is 7.99. The Balaban J connectivity index is 2.09. The van der Waals surface area contributed by atoms with Gasteiger partial charge in [0.1, 0.15) is 0 Å². The van der Waals surface area contributed by atoms with E-state index in [9.17, 15) is 5.11 Å². The highest BCUT2D eigenvalue weighted by Gasteiger charge is 2.24. The summed E-state index contributed by atoms with van der Waals surface area (Å²) in [5.74, 6) is 3.39. The molecule has 0 bridgehead atoms. The lowest BCUT2D eigenvalue weighted by molar-refractivity contribution is 0.134. The van der Waals surface area contributed by atoms with Crippen molar-refractivity contribution in [3.63, 3.8) is 0 Å². The summed E-state index contributed by atoms with van der Waals surface area (Å²) in [6, 6.07) is 0.644. The van der Waals surface area contributed by atoms with Gasteiger partial charge in [0, 0.05) is 6.04 Å². The third-order valence-electron chi connectivity index (χ3n) is 3.30. The largest absolute Gasteiger partial charge is 0.393 e. The molecule has 1 fully saturated rings. The van der Waals surface area contributed by atoms with Crippen LogP contribution in [0.5, 0.6) is 0 Å². The molecule has 1 heterocycles. The van der Waals surface area contributed by atoms with E-state index in [0.29, 0.717) is 6.04 Å². The molecule has 102 valence electrons. The first-order valence-electron chi connectivity index (χ1n) is 7.09. The maximum atomic E-state index is 9.47. The fourth-order valence-electron chi connectivity index (χ4n) is 2.54. The van der Waals surface area contributed by atoms with Crippen molar-refractivity contribution in [2.24, 2.45) is 5.92 Å². The predicted octanol–water partition coefficient (Wildman–Crippen LogP) is 3.00. The van der Waals surface area contributed by atoms with Crippen molar-refractivity contribution in [2.75, 3.05) is 24.6 Å². The van der Waals surface area contributed by atoms with Gasteiger partial charge in [-0.15, -0.1) is 0 Å². The molecule has 0 aromatic rings. The van der Waals surface area contributed by atoms with Gasteiger partial charge in [0.2, 0.25) is 0 Å². The standard InChI is InChI=1S/C14H29NOS/c1-12(2)11-17-9-5-8-15-7-4-6-14(15)10-13(3)16/h12-14,16H,4-11H2,1-3H3. The normalized spacial score (nSPS) is 23.5. The van der Waals surface area contributed by atoms with E-state index in [1.165, 1.54) is 43.9 Å². The van der Waals surface area contributed by atoms with E-state index in [0.717, 1.165) is 12.3 Å². The number of aliphatic hydroxyl groups is 1. The third-order valence-corrected chi connectivity index (χ3v) is 4.78. The monoisotopic (exact) mass is 259 g/mol. The summed E-state index contributed by atoms with van der Waals surface area (Å²) in [7, 11) is 0. The maximum absolute atomic E-state index is 9.47. The Labute approximate surface area is 111 Å².